The summed E-state index contributed by atoms with van der Waals surface area (Å²) in [6.07, 6.45) is 5.07. The molecule has 0 nitrogen and oxygen atoms in total. The monoisotopic (exact) mass is 288 g/mol. The molecule has 15 heavy (non-hydrogen) atoms. The number of alkyl halides is 1. The summed E-state index contributed by atoms with van der Waals surface area (Å²) in [6.45, 7) is 0. The van der Waals surface area contributed by atoms with Crippen molar-refractivity contribution in [1.29, 1.82) is 0 Å². The molecule has 0 radical (unpaired) electrons. The highest BCUT2D eigenvalue weighted by molar-refractivity contribution is 9.10. The normalized spacial score (nSPS) is 20.5. The first-order valence-corrected chi connectivity index (χ1v) is 6.15. The molecule has 0 N–H and O–H groups in total. The third kappa shape index (κ3) is 2.82. The van der Waals surface area contributed by atoms with Crippen LogP contribution < -0.4 is 0 Å². The lowest BCUT2D eigenvalue weighted by atomic mass is 10.1. The molecular formula is C12H11BrClF. The minimum absolute atomic E-state index is 0.184. The van der Waals surface area contributed by atoms with Crippen LogP contribution in [-0.2, 0) is 6.42 Å². The topological polar surface area (TPSA) is 0 Å². The van der Waals surface area contributed by atoms with E-state index in [2.05, 4.69) is 22.0 Å². The average Bonchev–Trinajstić information content (AvgIpc) is 2.58. The lowest BCUT2D eigenvalue weighted by molar-refractivity contribution is 0.620. The summed E-state index contributed by atoms with van der Waals surface area (Å²) in [4.78, 5) is 0. The van der Waals surface area contributed by atoms with Gasteiger partial charge in [-0.3, -0.25) is 0 Å². The third-order valence-electron chi connectivity index (χ3n) is 2.57. The summed E-state index contributed by atoms with van der Waals surface area (Å²) in [7, 11) is 0. The van der Waals surface area contributed by atoms with Crippen molar-refractivity contribution in [3.05, 3.63) is 45.7 Å². The van der Waals surface area contributed by atoms with Crippen molar-refractivity contribution in [3.63, 3.8) is 0 Å². The molecule has 2 rings (SSSR count). The first-order valence-electron chi connectivity index (χ1n) is 4.93. The maximum Gasteiger partial charge on any atom is 0.137 e. The molecule has 0 spiro atoms. The van der Waals surface area contributed by atoms with Crippen molar-refractivity contribution in [1.82, 2.24) is 0 Å². The Labute approximate surface area is 102 Å². The number of hydrogen-bond acceptors (Lipinski definition) is 0. The molecule has 0 saturated heterocycles. The van der Waals surface area contributed by atoms with Crippen molar-refractivity contribution in [2.24, 2.45) is 0 Å². The van der Waals surface area contributed by atoms with Crippen LogP contribution in [0.2, 0.25) is 0 Å². The van der Waals surface area contributed by atoms with Crippen molar-refractivity contribution in [2.45, 2.75) is 24.6 Å². The van der Waals surface area contributed by atoms with Crippen molar-refractivity contribution in [3.8, 4) is 0 Å². The van der Waals surface area contributed by atoms with Gasteiger partial charge in [0.1, 0.15) is 5.82 Å². The van der Waals surface area contributed by atoms with E-state index in [4.69, 9.17) is 11.6 Å². The van der Waals surface area contributed by atoms with Gasteiger partial charge in [0.25, 0.3) is 0 Å². The minimum atomic E-state index is -0.214. The van der Waals surface area contributed by atoms with Gasteiger partial charge in [-0.25, -0.2) is 4.39 Å². The highest BCUT2D eigenvalue weighted by Crippen LogP contribution is 2.26. The highest BCUT2D eigenvalue weighted by Gasteiger charge is 2.13. The quantitative estimate of drug-likeness (QED) is 0.557. The Morgan fingerprint density at radius 3 is 2.87 bits per heavy atom. The highest BCUT2D eigenvalue weighted by atomic mass is 79.9. The van der Waals surface area contributed by atoms with E-state index in [0.29, 0.717) is 4.47 Å². The van der Waals surface area contributed by atoms with Gasteiger partial charge >= 0.3 is 0 Å². The van der Waals surface area contributed by atoms with Gasteiger partial charge in [-0.2, -0.15) is 0 Å². The minimum Gasteiger partial charge on any atom is -0.206 e. The van der Waals surface area contributed by atoms with Crippen molar-refractivity contribution in [2.75, 3.05) is 0 Å². The van der Waals surface area contributed by atoms with E-state index < -0.39 is 0 Å². The number of allylic oxidation sites excluding steroid dienone is 2. The zero-order valence-electron chi connectivity index (χ0n) is 8.14. The van der Waals surface area contributed by atoms with Crippen LogP contribution >= 0.6 is 27.5 Å². The standard InChI is InChI=1S/C12H11BrClF/c13-11-7-9(2-4-12(11)15)5-8-1-3-10(14)6-8/h2,4,6-7,10H,1,3,5H2. The Hall–Kier alpha value is -0.340. The lowest BCUT2D eigenvalue weighted by Crippen LogP contribution is -1.89. The van der Waals surface area contributed by atoms with Gasteiger partial charge in [-0.1, -0.05) is 17.7 Å². The molecule has 0 heterocycles. The van der Waals surface area contributed by atoms with E-state index in [-0.39, 0.29) is 11.2 Å². The van der Waals surface area contributed by atoms with Gasteiger partial charge in [0.15, 0.2) is 0 Å². The Bertz CT molecular complexity index is 401. The molecule has 0 aromatic heterocycles. The van der Waals surface area contributed by atoms with Crippen LogP contribution in [0.25, 0.3) is 0 Å². The fraction of sp³-hybridized carbons (Fsp3) is 0.333. The maximum atomic E-state index is 13.0. The van der Waals surface area contributed by atoms with E-state index in [0.717, 1.165) is 24.8 Å². The number of rotatable bonds is 2. The van der Waals surface area contributed by atoms with Crippen molar-refractivity contribution < 1.29 is 4.39 Å². The largest absolute Gasteiger partial charge is 0.206 e. The first-order chi connectivity index (χ1) is 7.15. The Morgan fingerprint density at radius 1 is 1.47 bits per heavy atom. The predicted molar refractivity (Wildman–Crippen MR) is 64.8 cm³/mol. The van der Waals surface area contributed by atoms with E-state index >= 15 is 0 Å². The van der Waals surface area contributed by atoms with Crippen LogP contribution in [0, 0.1) is 5.82 Å². The summed E-state index contributed by atoms with van der Waals surface area (Å²) < 4.78 is 13.5. The van der Waals surface area contributed by atoms with Crippen LogP contribution in [0.15, 0.2) is 34.3 Å². The predicted octanol–water partition coefficient (Wildman–Crippen LogP) is 4.46. The summed E-state index contributed by atoms with van der Waals surface area (Å²) in [5.74, 6) is -0.214. The van der Waals surface area contributed by atoms with Crippen molar-refractivity contribution >= 4 is 27.5 Å². The van der Waals surface area contributed by atoms with Crippen LogP contribution in [0.4, 0.5) is 4.39 Å². The second-order valence-corrected chi connectivity index (χ2v) is 5.22. The number of hydrogen-bond donors (Lipinski definition) is 0. The molecule has 0 saturated carbocycles. The molecule has 1 atom stereocenters. The summed E-state index contributed by atoms with van der Waals surface area (Å²) in [5.41, 5.74) is 2.48. The Kier molecular flexibility index (Phi) is 3.47. The van der Waals surface area contributed by atoms with Gasteiger partial charge in [-0.15, -0.1) is 11.6 Å². The van der Waals surface area contributed by atoms with Gasteiger partial charge in [0.05, 0.1) is 9.85 Å². The van der Waals surface area contributed by atoms with E-state index in [1.807, 2.05) is 12.1 Å². The van der Waals surface area contributed by atoms with E-state index in [1.165, 1.54) is 11.6 Å². The van der Waals surface area contributed by atoms with Crippen LogP contribution in [0.3, 0.4) is 0 Å². The molecule has 1 unspecified atom stereocenters. The Morgan fingerprint density at radius 2 is 2.27 bits per heavy atom. The molecular weight excluding hydrogens is 278 g/mol. The van der Waals surface area contributed by atoms with Crippen LogP contribution in [0.1, 0.15) is 18.4 Å². The number of halogens is 3. The first kappa shape index (κ1) is 11.2. The summed E-state index contributed by atoms with van der Waals surface area (Å²) in [5, 5.41) is 0.184. The molecule has 1 aromatic rings. The molecule has 0 aliphatic heterocycles. The van der Waals surface area contributed by atoms with Gasteiger partial charge in [0.2, 0.25) is 0 Å². The molecule has 0 amide bonds. The zero-order chi connectivity index (χ0) is 10.8. The molecule has 1 aromatic carbocycles. The molecule has 3 heteroatoms. The molecule has 1 aliphatic rings. The molecule has 80 valence electrons. The zero-order valence-corrected chi connectivity index (χ0v) is 10.5. The SMILES string of the molecule is Fc1ccc(CC2=CC(Cl)CC2)cc1Br. The van der Waals surface area contributed by atoms with Crippen LogP contribution in [0.5, 0.6) is 0 Å². The fourth-order valence-corrected chi connectivity index (χ4v) is 2.52. The smallest absolute Gasteiger partial charge is 0.137 e. The van der Waals surface area contributed by atoms with E-state index in [9.17, 15) is 4.39 Å². The summed E-state index contributed by atoms with van der Waals surface area (Å²) >= 11 is 9.17. The maximum absolute atomic E-state index is 13.0. The van der Waals surface area contributed by atoms with Gasteiger partial charge in [-0.05, 0) is 52.9 Å². The Balaban J connectivity index is 2.11. The molecule has 0 fully saturated rings. The third-order valence-corrected chi connectivity index (χ3v) is 3.52. The lowest BCUT2D eigenvalue weighted by Gasteiger charge is -2.03. The average molecular weight is 290 g/mol. The second-order valence-electron chi connectivity index (χ2n) is 3.80. The van der Waals surface area contributed by atoms with Crippen LogP contribution in [-0.4, -0.2) is 5.38 Å². The molecule has 0 bridgehead atoms. The number of benzene rings is 1. The van der Waals surface area contributed by atoms with Gasteiger partial charge < -0.3 is 0 Å². The summed E-state index contributed by atoms with van der Waals surface area (Å²) in [6, 6.07) is 5.15. The van der Waals surface area contributed by atoms with Gasteiger partial charge in [0, 0.05) is 0 Å². The molecule has 1 aliphatic carbocycles. The van der Waals surface area contributed by atoms with E-state index in [1.54, 1.807) is 0 Å². The second kappa shape index (κ2) is 4.67. The fourth-order valence-electron chi connectivity index (χ4n) is 1.80.